The molecule has 0 aliphatic carbocycles. The first-order chi connectivity index (χ1) is 8.15. The van der Waals surface area contributed by atoms with E-state index in [1.54, 1.807) is 0 Å². The van der Waals surface area contributed by atoms with Gasteiger partial charge in [0.15, 0.2) is 5.58 Å². The predicted molar refractivity (Wildman–Crippen MR) is 71.3 cm³/mol. The highest BCUT2D eigenvalue weighted by atomic mass is 79.9. The Morgan fingerprint density at radius 1 is 1.53 bits per heavy atom. The number of furan rings is 1. The molecule has 0 radical (unpaired) electrons. The summed E-state index contributed by atoms with van der Waals surface area (Å²) in [6, 6.07) is 4.25. The van der Waals surface area contributed by atoms with Crippen LogP contribution >= 0.6 is 27.5 Å². The lowest BCUT2D eigenvalue weighted by Crippen LogP contribution is -2.16. The summed E-state index contributed by atoms with van der Waals surface area (Å²) in [5.41, 5.74) is 1.62. The van der Waals surface area contributed by atoms with Crippen LogP contribution in [0.1, 0.15) is 24.6 Å². The fraction of sp³-hybridized carbons (Fsp3) is 0.417. The molecule has 0 spiro atoms. The smallest absolute Gasteiger partial charge is 0.154 e. The topological polar surface area (TPSA) is 29.3 Å². The fourth-order valence-electron chi connectivity index (χ4n) is 2.37. The number of fused-ring (bicyclic) bond motifs is 1. The summed E-state index contributed by atoms with van der Waals surface area (Å²) in [6.45, 7) is 1.12. The van der Waals surface area contributed by atoms with Crippen molar-refractivity contribution in [3.8, 4) is 0 Å². The number of pyridine rings is 1. The Kier molecular flexibility index (Phi) is 2.89. The molecule has 1 unspecified atom stereocenters. The molecular formula is C12H12BrClN2O. The number of likely N-dealkylation sites (tertiary alicyclic amines) is 1. The van der Waals surface area contributed by atoms with E-state index >= 15 is 0 Å². The Balaban J connectivity index is 2.07. The van der Waals surface area contributed by atoms with E-state index < -0.39 is 0 Å². The van der Waals surface area contributed by atoms with Crippen LogP contribution in [-0.4, -0.2) is 23.5 Å². The van der Waals surface area contributed by atoms with Crippen molar-refractivity contribution in [2.75, 3.05) is 13.6 Å². The van der Waals surface area contributed by atoms with Crippen molar-refractivity contribution in [1.82, 2.24) is 9.88 Å². The van der Waals surface area contributed by atoms with Crippen molar-refractivity contribution in [2.45, 2.75) is 18.9 Å². The van der Waals surface area contributed by atoms with E-state index in [4.69, 9.17) is 16.0 Å². The molecule has 0 saturated carbocycles. The third-order valence-corrected chi connectivity index (χ3v) is 4.40. The number of hydrogen-bond donors (Lipinski definition) is 0. The van der Waals surface area contributed by atoms with Crippen molar-refractivity contribution in [2.24, 2.45) is 0 Å². The van der Waals surface area contributed by atoms with Crippen LogP contribution in [0.25, 0.3) is 11.1 Å². The summed E-state index contributed by atoms with van der Waals surface area (Å²) < 4.78 is 6.64. The molecule has 0 N–H and O–H groups in total. The minimum Gasteiger partial charge on any atom is -0.458 e. The van der Waals surface area contributed by atoms with Gasteiger partial charge in [0.25, 0.3) is 0 Å². The van der Waals surface area contributed by atoms with Gasteiger partial charge in [0.05, 0.1) is 10.5 Å². The zero-order valence-electron chi connectivity index (χ0n) is 9.41. The van der Waals surface area contributed by atoms with Crippen LogP contribution in [-0.2, 0) is 0 Å². The van der Waals surface area contributed by atoms with Crippen molar-refractivity contribution in [3.63, 3.8) is 0 Å². The minimum absolute atomic E-state index is 0.377. The van der Waals surface area contributed by atoms with Crippen molar-refractivity contribution < 1.29 is 4.42 Å². The van der Waals surface area contributed by atoms with E-state index in [9.17, 15) is 0 Å². The largest absolute Gasteiger partial charge is 0.458 e. The normalized spacial score (nSPS) is 21.5. The molecule has 0 aromatic carbocycles. The van der Waals surface area contributed by atoms with Crippen molar-refractivity contribution in [1.29, 1.82) is 0 Å². The Morgan fingerprint density at radius 3 is 3.06 bits per heavy atom. The summed E-state index contributed by atoms with van der Waals surface area (Å²) in [7, 11) is 2.13. The Labute approximate surface area is 113 Å². The molecule has 3 rings (SSSR count). The average molecular weight is 316 g/mol. The van der Waals surface area contributed by atoms with E-state index in [1.165, 1.54) is 6.42 Å². The molecule has 3 heterocycles. The summed E-state index contributed by atoms with van der Waals surface area (Å²) in [5.74, 6) is 0.988. The van der Waals surface area contributed by atoms with Crippen LogP contribution in [0.2, 0.25) is 5.15 Å². The molecule has 1 atom stereocenters. The van der Waals surface area contributed by atoms with Gasteiger partial charge >= 0.3 is 0 Å². The van der Waals surface area contributed by atoms with Crippen LogP contribution in [0.4, 0.5) is 0 Å². The van der Waals surface area contributed by atoms with Gasteiger partial charge in [-0.3, -0.25) is 4.90 Å². The third kappa shape index (κ3) is 1.98. The zero-order chi connectivity index (χ0) is 12.0. The lowest BCUT2D eigenvalue weighted by molar-refractivity contribution is 0.281. The summed E-state index contributed by atoms with van der Waals surface area (Å²) in [5, 5.41) is 0.477. The lowest BCUT2D eigenvalue weighted by Gasteiger charge is -2.16. The van der Waals surface area contributed by atoms with Crippen LogP contribution in [0.3, 0.4) is 0 Å². The fourth-order valence-corrected chi connectivity index (χ4v) is 2.82. The molecule has 0 amide bonds. The van der Waals surface area contributed by atoms with Crippen LogP contribution in [0, 0.1) is 0 Å². The molecule has 1 fully saturated rings. The van der Waals surface area contributed by atoms with Gasteiger partial charge in [-0.2, -0.15) is 0 Å². The highest BCUT2D eigenvalue weighted by molar-refractivity contribution is 9.10. The van der Waals surface area contributed by atoms with Gasteiger partial charge in [0, 0.05) is 12.1 Å². The van der Waals surface area contributed by atoms with E-state index in [-0.39, 0.29) is 0 Å². The monoisotopic (exact) mass is 314 g/mol. The maximum Gasteiger partial charge on any atom is 0.154 e. The number of hydrogen-bond acceptors (Lipinski definition) is 3. The van der Waals surface area contributed by atoms with Crippen LogP contribution in [0.5, 0.6) is 0 Å². The molecule has 17 heavy (non-hydrogen) atoms. The number of halogens is 2. The van der Waals surface area contributed by atoms with Gasteiger partial charge in [0.1, 0.15) is 16.4 Å². The molecule has 1 aliphatic rings. The first-order valence-electron chi connectivity index (χ1n) is 5.61. The van der Waals surface area contributed by atoms with Gasteiger partial charge in [-0.15, -0.1) is 0 Å². The van der Waals surface area contributed by atoms with Gasteiger partial charge in [-0.25, -0.2) is 4.98 Å². The SMILES string of the molecule is CN1CCCC1c1cc2nc(Cl)c(Br)cc2o1. The Bertz CT molecular complexity index is 530. The maximum atomic E-state index is 5.98. The molecule has 3 nitrogen and oxygen atoms in total. The van der Waals surface area contributed by atoms with E-state index in [2.05, 4.69) is 32.9 Å². The van der Waals surface area contributed by atoms with Gasteiger partial charge < -0.3 is 4.42 Å². The average Bonchev–Trinajstić information content (AvgIpc) is 2.85. The molecule has 5 heteroatoms. The Morgan fingerprint density at radius 2 is 2.35 bits per heavy atom. The van der Waals surface area contributed by atoms with Crippen LogP contribution < -0.4 is 0 Å². The highest BCUT2D eigenvalue weighted by Gasteiger charge is 2.26. The summed E-state index contributed by atoms with van der Waals surface area (Å²) in [6.07, 6.45) is 2.36. The van der Waals surface area contributed by atoms with Gasteiger partial charge in [-0.1, -0.05) is 11.6 Å². The molecular weight excluding hydrogens is 304 g/mol. The first kappa shape index (κ1) is 11.5. The van der Waals surface area contributed by atoms with E-state index in [0.29, 0.717) is 11.2 Å². The van der Waals surface area contributed by atoms with Crippen LogP contribution in [0.15, 0.2) is 21.0 Å². The predicted octanol–water partition coefficient (Wildman–Crippen LogP) is 4.01. The van der Waals surface area contributed by atoms with Crippen molar-refractivity contribution in [3.05, 3.63) is 27.5 Å². The van der Waals surface area contributed by atoms with Crippen molar-refractivity contribution >= 4 is 38.6 Å². The highest BCUT2D eigenvalue weighted by Crippen LogP contribution is 2.35. The quantitative estimate of drug-likeness (QED) is 0.745. The van der Waals surface area contributed by atoms with Gasteiger partial charge in [0.2, 0.25) is 0 Å². The second-order valence-electron chi connectivity index (χ2n) is 4.43. The second-order valence-corrected chi connectivity index (χ2v) is 5.64. The standard InChI is InChI=1S/C12H12BrClN2O/c1-16-4-2-3-9(16)11-6-8-10(17-11)5-7(13)12(14)15-8/h5-6,9H,2-4H2,1H3. The molecule has 1 aliphatic heterocycles. The third-order valence-electron chi connectivity index (χ3n) is 3.28. The zero-order valence-corrected chi connectivity index (χ0v) is 11.8. The molecule has 2 aromatic heterocycles. The summed E-state index contributed by atoms with van der Waals surface area (Å²) in [4.78, 5) is 6.61. The number of nitrogens with zero attached hydrogens (tertiary/aromatic N) is 2. The lowest BCUT2D eigenvalue weighted by atomic mass is 10.2. The first-order valence-corrected chi connectivity index (χ1v) is 6.78. The van der Waals surface area contributed by atoms with E-state index in [0.717, 1.165) is 34.3 Å². The maximum absolute atomic E-state index is 5.98. The summed E-state index contributed by atoms with van der Waals surface area (Å²) >= 11 is 9.33. The molecule has 2 aromatic rings. The van der Waals surface area contributed by atoms with E-state index in [1.807, 2.05) is 12.1 Å². The molecule has 1 saturated heterocycles. The number of rotatable bonds is 1. The minimum atomic E-state index is 0.377. The molecule has 90 valence electrons. The Hall–Kier alpha value is -0.580. The second kappa shape index (κ2) is 4.26. The number of aromatic nitrogens is 1. The molecule has 0 bridgehead atoms. The van der Waals surface area contributed by atoms with Gasteiger partial charge in [-0.05, 0) is 42.4 Å².